The largest absolute Gasteiger partial charge is 0.455 e. The van der Waals surface area contributed by atoms with Crippen LogP contribution < -0.4 is 0 Å². The van der Waals surface area contributed by atoms with Gasteiger partial charge in [-0.1, -0.05) is 12.1 Å². The molecule has 5 heteroatoms. The van der Waals surface area contributed by atoms with Crippen molar-refractivity contribution in [3.8, 4) is 0 Å². The molecule has 0 fully saturated rings. The Kier molecular flexibility index (Phi) is 3.03. The van der Waals surface area contributed by atoms with Crippen LogP contribution in [0.15, 0.2) is 30.7 Å². The van der Waals surface area contributed by atoms with Crippen LogP contribution in [-0.2, 0) is 15.9 Å². The maximum Gasteiger partial charge on any atom is 0.266 e. The summed E-state index contributed by atoms with van der Waals surface area (Å²) in [5.74, 6) is -0.670. The molecule has 1 aliphatic heterocycles. The van der Waals surface area contributed by atoms with Crippen molar-refractivity contribution < 1.29 is 22.6 Å². The first-order chi connectivity index (χ1) is 7.68. The third-order valence-electron chi connectivity index (χ3n) is 2.23. The van der Waals surface area contributed by atoms with Crippen LogP contribution in [0.5, 0.6) is 0 Å². The van der Waals surface area contributed by atoms with Crippen molar-refractivity contribution in [3.05, 3.63) is 47.7 Å². The van der Waals surface area contributed by atoms with Gasteiger partial charge in [-0.15, -0.1) is 0 Å². The van der Waals surface area contributed by atoms with Crippen molar-refractivity contribution in [3.63, 3.8) is 0 Å². The minimum atomic E-state index is -2.61. The highest BCUT2D eigenvalue weighted by atomic mass is 19.3. The van der Waals surface area contributed by atoms with Gasteiger partial charge in [-0.2, -0.15) is 0 Å². The van der Waals surface area contributed by atoms with E-state index >= 15 is 0 Å². The van der Waals surface area contributed by atoms with Crippen molar-refractivity contribution in [2.45, 2.75) is 19.1 Å². The fourth-order valence-corrected chi connectivity index (χ4v) is 1.55. The molecular formula is C11H9F3O2. The number of ether oxygens (including phenoxy) is 2. The van der Waals surface area contributed by atoms with Gasteiger partial charge in [-0.05, 0) is 6.07 Å². The lowest BCUT2D eigenvalue weighted by molar-refractivity contribution is -0.0259. The SMILES string of the molecule is Fc1cccc(C2OC=CO2)c1CC(F)F. The fraction of sp³-hybridized carbons (Fsp3) is 0.273. The van der Waals surface area contributed by atoms with Crippen molar-refractivity contribution >= 4 is 0 Å². The zero-order valence-corrected chi connectivity index (χ0v) is 8.20. The molecule has 1 heterocycles. The molecular weight excluding hydrogens is 221 g/mol. The zero-order valence-electron chi connectivity index (χ0n) is 8.20. The molecule has 1 aromatic carbocycles. The second-order valence-corrected chi connectivity index (χ2v) is 3.28. The molecule has 0 bridgehead atoms. The highest BCUT2D eigenvalue weighted by Gasteiger charge is 2.23. The van der Waals surface area contributed by atoms with Crippen LogP contribution in [0.4, 0.5) is 13.2 Å². The maximum absolute atomic E-state index is 13.4. The number of hydrogen-bond donors (Lipinski definition) is 0. The topological polar surface area (TPSA) is 18.5 Å². The van der Waals surface area contributed by atoms with Gasteiger partial charge in [0.2, 0.25) is 6.43 Å². The summed E-state index contributed by atoms with van der Waals surface area (Å²) >= 11 is 0. The van der Waals surface area contributed by atoms with E-state index in [0.717, 1.165) is 6.07 Å². The van der Waals surface area contributed by atoms with Gasteiger partial charge in [0.1, 0.15) is 18.3 Å². The summed E-state index contributed by atoms with van der Waals surface area (Å²) in [5, 5.41) is 0. The first-order valence-corrected chi connectivity index (χ1v) is 4.70. The molecule has 0 atom stereocenters. The average Bonchev–Trinajstić information content (AvgIpc) is 2.73. The first kappa shape index (κ1) is 10.9. The average molecular weight is 230 g/mol. The van der Waals surface area contributed by atoms with Gasteiger partial charge in [0, 0.05) is 17.5 Å². The molecule has 1 aromatic rings. The molecule has 0 amide bonds. The Morgan fingerprint density at radius 3 is 2.50 bits per heavy atom. The molecule has 0 saturated heterocycles. The number of benzene rings is 1. The van der Waals surface area contributed by atoms with Crippen LogP contribution in [0.25, 0.3) is 0 Å². The number of alkyl halides is 2. The minimum Gasteiger partial charge on any atom is -0.455 e. The summed E-state index contributed by atoms with van der Waals surface area (Å²) in [4.78, 5) is 0. The molecule has 0 aromatic heterocycles. The van der Waals surface area contributed by atoms with Crippen LogP contribution in [0.2, 0.25) is 0 Å². The van der Waals surface area contributed by atoms with Gasteiger partial charge in [-0.3, -0.25) is 0 Å². The highest BCUT2D eigenvalue weighted by molar-refractivity contribution is 5.30. The van der Waals surface area contributed by atoms with Gasteiger partial charge in [-0.25, -0.2) is 13.2 Å². The molecule has 0 radical (unpaired) electrons. The molecule has 0 N–H and O–H groups in total. The minimum absolute atomic E-state index is 0.0637. The van der Waals surface area contributed by atoms with E-state index in [-0.39, 0.29) is 5.56 Å². The van der Waals surface area contributed by atoms with Crippen molar-refractivity contribution in [2.75, 3.05) is 0 Å². The predicted octanol–water partition coefficient (Wildman–Crippen LogP) is 3.15. The van der Waals surface area contributed by atoms with E-state index in [9.17, 15) is 13.2 Å². The number of rotatable bonds is 3. The van der Waals surface area contributed by atoms with Crippen LogP contribution in [-0.4, -0.2) is 6.43 Å². The van der Waals surface area contributed by atoms with E-state index in [0.29, 0.717) is 5.56 Å². The lowest BCUT2D eigenvalue weighted by Crippen LogP contribution is -2.08. The second kappa shape index (κ2) is 4.47. The monoisotopic (exact) mass is 230 g/mol. The normalized spacial score (nSPS) is 15.2. The third kappa shape index (κ3) is 2.13. The second-order valence-electron chi connectivity index (χ2n) is 3.28. The Bertz CT molecular complexity index is 396. The summed E-state index contributed by atoms with van der Waals surface area (Å²) in [6.07, 6.45) is -1.50. The number of hydrogen-bond acceptors (Lipinski definition) is 2. The van der Waals surface area contributed by atoms with E-state index in [1.165, 1.54) is 24.7 Å². The van der Waals surface area contributed by atoms with E-state index in [4.69, 9.17) is 9.47 Å². The molecule has 1 aliphatic rings. The third-order valence-corrected chi connectivity index (χ3v) is 2.23. The Labute approximate surface area is 90.3 Å². The van der Waals surface area contributed by atoms with Crippen LogP contribution in [0, 0.1) is 5.82 Å². The molecule has 2 nitrogen and oxygen atoms in total. The van der Waals surface area contributed by atoms with Gasteiger partial charge in [0.15, 0.2) is 0 Å². The molecule has 0 unspecified atom stereocenters. The summed E-state index contributed by atoms with van der Waals surface area (Å²) in [6.45, 7) is 0. The number of halogens is 3. The molecule has 2 rings (SSSR count). The molecule has 86 valence electrons. The van der Waals surface area contributed by atoms with Gasteiger partial charge in [0.25, 0.3) is 6.29 Å². The lowest BCUT2D eigenvalue weighted by atomic mass is 10.0. The molecule has 0 spiro atoms. The van der Waals surface area contributed by atoms with E-state index in [1.54, 1.807) is 0 Å². The van der Waals surface area contributed by atoms with E-state index in [2.05, 4.69) is 0 Å². The fourth-order valence-electron chi connectivity index (χ4n) is 1.55. The Morgan fingerprint density at radius 1 is 1.19 bits per heavy atom. The van der Waals surface area contributed by atoms with Crippen molar-refractivity contribution in [1.82, 2.24) is 0 Å². The lowest BCUT2D eigenvalue weighted by Gasteiger charge is -2.15. The Balaban J connectivity index is 2.31. The molecule has 16 heavy (non-hydrogen) atoms. The van der Waals surface area contributed by atoms with Gasteiger partial charge >= 0.3 is 0 Å². The van der Waals surface area contributed by atoms with Crippen LogP contribution in [0.3, 0.4) is 0 Å². The van der Waals surface area contributed by atoms with Gasteiger partial charge < -0.3 is 9.47 Å². The Hall–Kier alpha value is -1.65. The van der Waals surface area contributed by atoms with Crippen LogP contribution >= 0.6 is 0 Å². The molecule has 0 aliphatic carbocycles. The summed E-state index contributed by atoms with van der Waals surface area (Å²) in [5.41, 5.74) is 0.233. The van der Waals surface area contributed by atoms with Crippen molar-refractivity contribution in [1.29, 1.82) is 0 Å². The smallest absolute Gasteiger partial charge is 0.266 e. The zero-order chi connectivity index (χ0) is 11.5. The highest BCUT2D eigenvalue weighted by Crippen LogP contribution is 2.29. The Morgan fingerprint density at radius 2 is 1.88 bits per heavy atom. The first-order valence-electron chi connectivity index (χ1n) is 4.70. The summed E-state index contributed by atoms with van der Waals surface area (Å²) < 4.78 is 48.0. The predicted molar refractivity (Wildman–Crippen MR) is 50.2 cm³/mol. The van der Waals surface area contributed by atoms with E-state index < -0.39 is 25.0 Å². The van der Waals surface area contributed by atoms with Crippen molar-refractivity contribution in [2.24, 2.45) is 0 Å². The van der Waals surface area contributed by atoms with Gasteiger partial charge in [0.05, 0.1) is 0 Å². The summed E-state index contributed by atoms with van der Waals surface area (Å²) in [7, 11) is 0. The van der Waals surface area contributed by atoms with E-state index in [1.807, 2.05) is 0 Å². The molecule has 0 saturated carbocycles. The van der Waals surface area contributed by atoms with Crippen LogP contribution in [0.1, 0.15) is 17.4 Å². The standard InChI is InChI=1S/C11H9F3O2/c12-9-3-1-2-7(8(9)6-10(13)14)11-15-4-5-16-11/h1-5,10-11H,6H2. The summed E-state index contributed by atoms with van der Waals surface area (Å²) in [6, 6.07) is 4.09. The quantitative estimate of drug-likeness (QED) is 0.794. The maximum atomic E-state index is 13.4.